The predicted molar refractivity (Wildman–Crippen MR) is 83.0 cm³/mol. The molecule has 20 heavy (non-hydrogen) atoms. The highest BCUT2D eigenvalue weighted by atomic mass is 16.5. The Hall–Kier alpha value is -0.120. The molecule has 0 spiro atoms. The summed E-state index contributed by atoms with van der Waals surface area (Å²) in [6, 6.07) is 0.733. The first-order valence-corrected chi connectivity index (χ1v) is 8.92. The molecule has 2 heterocycles. The maximum Gasteiger partial charge on any atom is 0.0706 e. The third kappa shape index (κ3) is 3.96. The van der Waals surface area contributed by atoms with Gasteiger partial charge in [0.25, 0.3) is 0 Å². The molecule has 0 aromatic heterocycles. The number of nitrogens with one attached hydrogen (secondary N) is 1. The normalized spacial score (nSPS) is 38.0. The van der Waals surface area contributed by atoms with Crippen LogP contribution in [0.3, 0.4) is 0 Å². The van der Waals surface area contributed by atoms with Crippen molar-refractivity contribution >= 4 is 0 Å². The molecule has 116 valence electrons. The molecule has 3 aliphatic rings. The molecule has 2 saturated heterocycles. The lowest BCUT2D eigenvalue weighted by molar-refractivity contribution is 0.0295. The molecular weight excluding hydrogens is 248 g/mol. The average molecular weight is 280 g/mol. The van der Waals surface area contributed by atoms with Gasteiger partial charge < -0.3 is 10.1 Å². The molecule has 0 amide bonds. The molecule has 1 N–H and O–H groups in total. The van der Waals surface area contributed by atoms with Crippen LogP contribution in [0.5, 0.6) is 0 Å². The average Bonchev–Trinajstić information content (AvgIpc) is 2.74. The largest absolute Gasteiger partial charge is 0.374 e. The third-order valence-corrected chi connectivity index (χ3v) is 5.51. The van der Waals surface area contributed by atoms with Crippen molar-refractivity contribution < 1.29 is 4.74 Å². The van der Waals surface area contributed by atoms with Gasteiger partial charge in [-0.15, -0.1) is 0 Å². The maximum atomic E-state index is 6.02. The lowest BCUT2D eigenvalue weighted by Gasteiger charge is -2.33. The zero-order valence-electron chi connectivity index (χ0n) is 13.2. The fraction of sp³-hybridized carbons (Fsp3) is 1.00. The minimum absolute atomic E-state index is 0.485. The van der Waals surface area contributed by atoms with Crippen LogP contribution in [-0.2, 0) is 4.74 Å². The van der Waals surface area contributed by atoms with E-state index in [1.54, 1.807) is 0 Å². The molecule has 3 unspecified atom stereocenters. The summed E-state index contributed by atoms with van der Waals surface area (Å²) in [5, 5.41) is 3.83. The summed E-state index contributed by atoms with van der Waals surface area (Å²) in [5.41, 5.74) is 0. The van der Waals surface area contributed by atoms with Crippen LogP contribution in [0.15, 0.2) is 0 Å². The van der Waals surface area contributed by atoms with Crippen LogP contribution >= 0.6 is 0 Å². The zero-order valence-corrected chi connectivity index (χ0v) is 13.2. The molecular formula is C17H32N2O. The van der Waals surface area contributed by atoms with Crippen LogP contribution in [0.25, 0.3) is 0 Å². The molecule has 1 aliphatic carbocycles. The van der Waals surface area contributed by atoms with Crippen LogP contribution in [0.2, 0.25) is 0 Å². The van der Waals surface area contributed by atoms with Gasteiger partial charge in [-0.25, -0.2) is 0 Å². The van der Waals surface area contributed by atoms with Crippen LogP contribution in [0.1, 0.15) is 58.3 Å². The summed E-state index contributed by atoms with van der Waals surface area (Å²) in [5.74, 6) is 0.924. The first-order valence-electron chi connectivity index (χ1n) is 8.92. The van der Waals surface area contributed by atoms with Gasteiger partial charge >= 0.3 is 0 Å². The van der Waals surface area contributed by atoms with E-state index in [4.69, 9.17) is 4.74 Å². The molecule has 3 atom stereocenters. The lowest BCUT2D eigenvalue weighted by atomic mass is 9.83. The summed E-state index contributed by atoms with van der Waals surface area (Å²) < 4.78 is 6.02. The minimum Gasteiger partial charge on any atom is -0.374 e. The van der Waals surface area contributed by atoms with E-state index in [1.165, 1.54) is 71.0 Å². The van der Waals surface area contributed by atoms with Gasteiger partial charge in [-0.05, 0) is 58.0 Å². The monoisotopic (exact) mass is 280 g/mol. The van der Waals surface area contributed by atoms with Gasteiger partial charge in [0, 0.05) is 19.1 Å². The molecule has 0 aromatic carbocycles. The second-order valence-electron chi connectivity index (χ2n) is 7.22. The Balaban J connectivity index is 1.51. The van der Waals surface area contributed by atoms with Crippen LogP contribution in [-0.4, -0.2) is 49.3 Å². The van der Waals surface area contributed by atoms with Crippen LogP contribution in [0.4, 0.5) is 0 Å². The highest BCUT2D eigenvalue weighted by molar-refractivity contribution is 4.86. The highest BCUT2D eigenvalue weighted by Gasteiger charge is 2.29. The molecule has 3 fully saturated rings. The van der Waals surface area contributed by atoms with E-state index in [-0.39, 0.29) is 0 Å². The van der Waals surface area contributed by atoms with Crippen LogP contribution < -0.4 is 5.32 Å². The molecule has 3 rings (SSSR count). The van der Waals surface area contributed by atoms with Crippen molar-refractivity contribution in [3.8, 4) is 0 Å². The summed E-state index contributed by atoms with van der Waals surface area (Å²) >= 11 is 0. The van der Waals surface area contributed by atoms with Gasteiger partial charge in [0.15, 0.2) is 0 Å². The second kappa shape index (κ2) is 7.24. The minimum atomic E-state index is 0.485. The van der Waals surface area contributed by atoms with Crippen molar-refractivity contribution in [3.05, 3.63) is 0 Å². The van der Waals surface area contributed by atoms with Gasteiger partial charge in [0.2, 0.25) is 0 Å². The number of ether oxygens (including phenoxy) is 1. The van der Waals surface area contributed by atoms with Gasteiger partial charge in [0.1, 0.15) is 0 Å². The van der Waals surface area contributed by atoms with Crippen molar-refractivity contribution in [1.29, 1.82) is 0 Å². The van der Waals surface area contributed by atoms with Crippen molar-refractivity contribution in [2.75, 3.05) is 26.2 Å². The number of hydrogen-bond acceptors (Lipinski definition) is 3. The number of rotatable bonds is 3. The summed E-state index contributed by atoms with van der Waals surface area (Å²) in [4.78, 5) is 2.68. The molecule has 3 nitrogen and oxygen atoms in total. The van der Waals surface area contributed by atoms with E-state index in [1.807, 2.05) is 0 Å². The summed E-state index contributed by atoms with van der Waals surface area (Å²) in [7, 11) is 0. The van der Waals surface area contributed by atoms with Crippen LogP contribution in [0, 0.1) is 5.92 Å². The SMILES string of the molecule is CC1CCC(CN2CCCNC(C3CCCCC3)C2)O1. The maximum absolute atomic E-state index is 6.02. The van der Waals surface area contributed by atoms with E-state index in [0.717, 1.165) is 18.5 Å². The molecule has 0 bridgehead atoms. The van der Waals surface area contributed by atoms with E-state index in [0.29, 0.717) is 12.2 Å². The Morgan fingerprint density at radius 1 is 1.05 bits per heavy atom. The smallest absolute Gasteiger partial charge is 0.0706 e. The Morgan fingerprint density at radius 2 is 1.90 bits per heavy atom. The molecule has 0 radical (unpaired) electrons. The highest BCUT2D eigenvalue weighted by Crippen LogP contribution is 2.28. The first-order chi connectivity index (χ1) is 9.81. The molecule has 3 heteroatoms. The first kappa shape index (κ1) is 14.8. The van der Waals surface area contributed by atoms with Gasteiger partial charge in [-0.2, -0.15) is 0 Å². The molecule has 1 saturated carbocycles. The third-order valence-electron chi connectivity index (χ3n) is 5.51. The molecule has 0 aromatic rings. The van der Waals surface area contributed by atoms with Gasteiger partial charge in [-0.1, -0.05) is 19.3 Å². The number of hydrogen-bond donors (Lipinski definition) is 1. The van der Waals surface area contributed by atoms with E-state index in [9.17, 15) is 0 Å². The van der Waals surface area contributed by atoms with Crippen molar-refractivity contribution in [3.63, 3.8) is 0 Å². The van der Waals surface area contributed by atoms with E-state index < -0.39 is 0 Å². The predicted octanol–water partition coefficient (Wildman–Crippen LogP) is 2.80. The Kier molecular flexibility index (Phi) is 5.36. The fourth-order valence-corrected chi connectivity index (χ4v) is 4.35. The zero-order chi connectivity index (χ0) is 13.8. The van der Waals surface area contributed by atoms with Gasteiger partial charge in [0.05, 0.1) is 12.2 Å². The van der Waals surface area contributed by atoms with Crippen molar-refractivity contribution in [2.24, 2.45) is 5.92 Å². The number of nitrogens with zero attached hydrogens (tertiary/aromatic N) is 1. The summed E-state index contributed by atoms with van der Waals surface area (Å²) in [6.45, 7) is 7.09. The molecule has 2 aliphatic heterocycles. The Morgan fingerprint density at radius 3 is 2.65 bits per heavy atom. The standard InChI is InChI=1S/C17H32N2O/c1-14-8-9-16(20-14)12-19-11-5-10-18-17(13-19)15-6-3-2-4-7-15/h14-18H,2-13H2,1H3. The second-order valence-corrected chi connectivity index (χ2v) is 7.22. The van der Waals surface area contributed by atoms with Crippen molar-refractivity contribution in [1.82, 2.24) is 10.2 Å². The quantitative estimate of drug-likeness (QED) is 0.860. The lowest BCUT2D eigenvalue weighted by Crippen LogP contribution is -2.45. The summed E-state index contributed by atoms with van der Waals surface area (Å²) in [6.07, 6.45) is 12.0. The van der Waals surface area contributed by atoms with Crippen molar-refractivity contribution in [2.45, 2.75) is 76.5 Å². The Bertz CT molecular complexity index is 291. The van der Waals surface area contributed by atoms with E-state index in [2.05, 4.69) is 17.1 Å². The fourth-order valence-electron chi connectivity index (χ4n) is 4.35. The van der Waals surface area contributed by atoms with E-state index >= 15 is 0 Å². The Labute approximate surface area is 124 Å². The van der Waals surface area contributed by atoms with Gasteiger partial charge in [-0.3, -0.25) is 4.90 Å². The topological polar surface area (TPSA) is 24.5 Å².